The van der Waals surface area contributed by atoms with Crippen LogP contribution in [0.1, 0.15) is 32.3 Å². The van der Waals surface area contributed by atoms with Crippen LogP contribution in [0.4, 0.5) is 5.82 Å². The molecule has 0 saturated carbocycles. The number of ether oxygens (including phenoxy) is 2. The van der Waals surface area contributed by atoms with Crippen molar-refractivity contribution < 1.29 is 9.47 Å². The van der Waals surface area contributed by atoms with E-state index in [1.54, 1.807) is 0 Å². The van der Waals surface area contributed by atoms with Crippen molar-refractivity contribution in [1.82, 2.24) is 9.97 Å². The molecule has 0 aliphatic carbocycles. The number of rotatable bonds is 9. The van der Waals surface area contributed by atoms with Gasteiger partial charge in [-0.15, -0.1) is 0 Å². The minimum atomic E-state index is 0.613. The summed E-state index contributed by atoms with van der Waals surface area (Å²) < 4.78 is 10.8. The van der Waals surface area contributed by atoms with Gasteiger partial charge in [-0.3, -0.25) is 0 Å². The predicted molar refractivity (Wildman–Crippen MR) is 72.2 cm³/mol. The molecule has 1 N–H and O–H groups in total. The minimum absolute atomic E-state index is 0.613. The highest BCUT2D eigenvalue weighted by Crippen LogP contribution is 2.19. The first-order chi connectivity index (χ1) is 8.79. The summed E-state index contributed by atoms with van der Waals surface area (Å²) in [6, 6.07) is 0. The van der Waals surface area contributed by atoms with Crippen LogP contribution in [0.2, 0.25) is 0 Å². The molecule has 0 saturated heterocycles. The lowest BCUT2D eigenvalue weighted by molar-refractivity contribution is 0.134. The molecule has 0 bridgehead atoms. The van der Waals surface area contributed by atoms with Gasteiger partial charge in [-0.05, 0) is 26.7 Å². The van der Waals surface area contributed by atoms with Crippen LogP contribution >= 0.6 is 0 Å². The van der Waals surface area contributed by atoms with Gasteiger partial charge in [0.1, 0.15) is 12.1 Å². The van der Waals surface area contributed by atoms with Gasteiger partial charge in [-0.1, -0.05) is 6.92 Å². The smallest absolute Gasteiger partial charge is 0.221 e. The highest BCUT2D eigenvalue weighted by Gasteiger charge is 2.06. The van der Waals surface area contributed by atoms with Crippen LogP contribution in [-0.4, -0.2) is 36.3 Å². The molecule has 1 rings (SSSR count). The Morgan fingerprint density at radius 1 is 1.22 bits per heavy atom. The summed E-state index contributed by atoms with van der Waals surface area (Å²) in [5, 5.41) is 3.28. The number of hydrogen-bond acceptors (Lipinski definition) is 5. The van der Waals surface area contributed by atoms with Gasteiger partial charge in [0.15, 0.2) is 0 Å². The number of hydrogen-bond donors (Lipinski definition) is 1. The van der Waals surface area contributed by atoms with E-state index in [2.05, 4.69) is 22.2 Å². The zero-order valence-electron chi connectivity index (χ0n) is 11.5. The molecule has 5 nitrogen and oxygen atoms in total. The van der Waals surface area contributed by atoms with Crippen LogP contribution in [0.3, 0.4) is 0 Å². The fraction of sp³-hybridized carbons (Fsp3) is 0.692. The molecule has 0 aromatic carbocycles. The zero-order chi connectivity index (χ0) is 13.2. The summed E-state index contributed by atoms with van der Waals surface area (Å²) >= 11 is 0. The molecular formula is C13H23N3O2. The van der Waals surface area contributed by atoms with Gasteiger partial charge in [0.05, 0.1) is 12.2 Å². The van der Waals surface area contributed by atoms with Gasteiger partial charge in [-0.2, -0.15) is 0 Å². The monoisotopic (exact) mass is 253 g/mol. The van der Waals surface area contributed by atoms with Crippen molar-refractivity contribution in [2.75, 3.05) is 31.7 Å². The second-order valence-electron chi connectivity index (χ2n) is 3.98. The highest BCUT2D eigenvalue weighted by atomic mass is 16.5. The van der Waals surface area contributed by atoms with Crippen molar-refractivity contribution in [3.05, 3.63) is 11.9 Å². The fourth-order valence-electron chi connectivity index (χ4n) is 1.52. The van der Waals surface area contributed by atoms with E-state index in [-0.39, 0.29) is 0 Å². The second kappa shape index (κ2) is 8.69. The van der Waals surface area contributed by atoms with Crippen molar-refractivity contribution in [1.29, 1.82) is 0 Å². The molecule has 1 aromatic rings. The summed E-state index contributed by atoms with van der Waals surface area (Å²) in [6.45, 7) is 9.08. The van der Waals surface area contributed by atoms with E-state index in [0.29, 0.717) is 12.5 Å². The number of nitrogens with one attached hydrogen (secondary N) is 1. The van der Waals surface area contributed by atoms with Crippen LogP contribution < -0.4 is 10.1 Å². The van der Waals surface area contributed by atoms with Gasteiger partial charge >= 0.3 is 0 Å². The third kappa shape index (κ3) is 4.87. The molecule has 0 aliphatic heterocycles. The molecule has 0 unspecified atom stereocenters. The maximum absolute atomic E-state index is 5.42. The van der Waals surface area contributed by atoms with Crippen LogP contribution in [0, 0.1) is 6.92 Å². The van der Waals surface area contributed by atoms with Crippen LogP contribution in [0.25, 0.3) is 0 Å². The van der Waals surface area contributed by atoms with Crippen LogP contribution in [0.5, 0.6) is 5.88 Å². The van der Waals surface area contributed by atoms with Crippen molar-refractivity contribution in [2.45, 2.75) is 33.6 Å². The molecular weight excluding hydrogens is 230 g/mol. The Bertz CT molecular complexity index is 345. The molecule has 0 aliphatic rings. The van der Waals surface area contributed by atoms with Crippen molar-refractivity contribution in [3.8, 4) is 5.88 Å². The van der Waals surface area contributed by atoms with Crippen molar-refractivity contribution in [2.24, 2.45) is 0 Å². The van der Waals surface area contributed by atoms with E-state index in [4.69, 9.17) is 9.47 Å². The summed E-state index contributed by atoms with van der Waals surface area (Å²) in [4.78, 5) is 8.31. The van der Waals surface area contributed by atoms with E-state index in [9.17, 15) is 0 Å². The number of nitrogens with zero attached hydrogens (tertiary/aromatic N) is 2. The Balaban J connectivity index is 2.35. The third-order valence-corrected chi connectivity index (χ3v) is 2.43. The molecule has 18 heavy (non-hydrogen) atoms. The van der Waals surface area contributed by atoms with Crippen molar-refractivity contribution >= 4 is 5.82 Å². The first-order valence-corrected chi connectivity index (χ1v) is 6.55. The average molecular weight is 253 g/mol. The molecule has 0 atom stereocenters. The first kappa shape index (κ1) is 14.7. The van der Waals surface area contributed by atoms with Gasteiger partial charge in [0.2, 0.25) is 5.88 Å². The summed E-state index contributed by atoms with van der Waals surface area (Å²) in [6.07, 6.45) is 3.55. The predicted octanol–water partition coefficient (Wildman–Crippen LogP) is 2.41. The Labute approximate surface area is 109 Å². The Hall–Kier alpha value is -1.36. The summed E-state index contributed by atoms with van der Waals surface area (Å²) in [7, 11) is 0. The van der Waals surface area contributed by atoms with E-state index in [1.807, 2.05) is 13.8 Å². The van der Waals surface area contributed by atoms with E-state index in [1.165, 1.54) is 6.33 Å². The molecule has 5 heteroatoms. The quantitative estimate of drug-likeness (QED) is 0.685. The van der Waals surface area contributed by atoms with Crippen molar-refractivity contribution in [3.63, 3.8) is 0 Å². The van der Waals surface area contributed by atoms with Gasteiger partial charge in [-0.25, -0.2) is 9.97 Å². The number of aromatic nitrogens is 2. The van der Waals surface area contributed by atoms with Crippen LogP contribution in [-0.2, 0) is 4.74 Å². The minimum Gasteiger partial charge on any atom is -0.478 e. The SMILES string of the molecule is CCCOCCCNc1ncnc(OCC)c1C. The lowest BCUT2D eigenvalue weighted by Crippen LogP contribution is -2.09. The molecule has 1 aromatic heterocycles. The normalized spacial score (nSPS) is 10.4. The summed E-state index contributed by atoms with van der Waals surface area (Å²) in [5.74, 6) is 1.49. The van der Waals surface area contributed by atoms with Crippen LogP contribution in [0.15, 0.2) is 6.33 Å². The van der Waals surface area contributed by atoms with Gasteiger partial charge in [0.25, 0.3) is 0 Å². The Morgan fingerprint density at radius 3 is 2.78 bits per heavy atom. The molecule has 1 heterocycles. The molecule has 0 amide bonds. The van der Waals surface area contributed by atoms with E-state index < -0.39 is 0 Å². The third-order valence-electron chi connectivity index (χ3n) is 2.43. The highest BCUT2D eigenvalue weighted by molar-refractivity contribution is 5.47. The van der Waals surface area contributed by atoms with E-state index in [0.717, 1.165) is 44.0 Å². The number of anilines is 1. The Kier molecular flexibility index (Phi) is 7.10. The average Bonchev–Trinajstić information content (AvgIpc) is 2.38. The molecule has 0 fully saturated rings. The standard InChI is InChI=1S/C13H23N3O2/c1-4-8-17-9-6-7-14-12-11(3)13(18-5-2)16-10-15-12/h10H,4-9H2,1-3H3,(H,14,15,16). The zero-order valence-corrected chi connectivity index (χ0v) is 11.5. The Morgan fingerprint density at radius 2 is 2.06 bits per heavy atom. The maximum atomic E-state index is 5.42. The lowest BCUT2D eigenvalue weighted by atomic mass is 10.3. The second-order valence-corrected chi connectivity index (χ2v) is 3.98. The topological polar surface area (TPSA) is 56.3 Å². The molecule has 102 valence electrons. The fourth-order valence-corrected chi connectivity index (χ4v) is 1.52. The summed E-state index contributed by atoms with van der Waals surface area (Å²) in [5.41, 5.74) is 0.953. The largest absolute Gasteiger partial charge is 0.478 e. The first-order valence-electron chi connectivity index (χ1n) is 6.55. The van der Waals surface area contributed by atoms with Gasteiger partial charge < -0.3 is 14.8 Å². The van der Waals surface area contributed by atoms with E-state index >= 15 is 0 Å². The lowest BCUT2D eigenvalue weighted by Gasteiger charge is -2.11. The molecule has 0 spiro atoms. The maximum Gasteiger partial charge on any atom is 0.221 e. The molecule has 0 radical (unpaired) electrons. The van der Waals surface area contributed by atoms with Gasteiger partial charge in [0, 0.05) is 19.8 Å².